The molecule has 3 rings (SSSR count). The van der Waals surface area contributed by atoms with Gasteiger partial charge in [-0.05, 0) is 49.2 Å². The second-order valence-corrected chi connectivity index (χ2v) is 10.6. The van der Waals surface area contributed by atoms with Gasteiger partial charge in [0, 0.05) is 18.6 Å². The van der Waals surface area contributed by atoms with E-state index >= 15 is 0 Å². The predicted octanol–water partition coefficient (Wildman–Crippen LogP) is 3.75. The van der Waals surface area contributed by atoms with E-state index in [1.165, 1.54) is 43.3 Å². The molecule has 0 radical (unpaired) electrons. The van der Waals surface area contributed by atoms with Crippen molar-refractivity contribution in [3.05, 3.63) is 89.4 Å². The lowest BCUT2D eigenvalue weighted by Crippen LogP contribution is -2.51. The standard InChI is InChI=1S/C27H30ClN3O5S/c1-20(27(33)29-2)30(17-16-21-10-6-4-7-11-21)26(32)19-31(24-18-22(28)14-15-25(24)36-3)37(34,35)23-12-8-5-9-13-23/h4-15,18,20H,16-17,19H2,1-3H3,(H,29,33)/t20-/m0/s1. The van der Waals surface area contributed by atoms with E-state index in [2.05, 4.69) is 5.32 Å². The van der Waals surface area contributed by atoms with Gasteiger partial charge in [0.05, 0.1) is 17.7 Å². The fraction of sp³-hybridized carbons (Fsp3) is 0.259. The number of nitrogens with one attached hydrogen (secondary N) is 1. The van der Waals surface area contributed by atoms with E-state index < -0.39 is 28.5 Å². The highest BCUT2D eigenvalue weighted by Gasteiger charge is 2.33. The Labute approximate surface area is 222 Å². The highest BCUT2D eigenvalue weighted by Crippen LogP contribution is 2.35. The van der Waals surface area contributed by atoms with Crippen molar-refractivity contribution in [3.8, 4) is 5.75 Å². The van der Waals surface area contributed by atoms with Crippen LogP contribution in [0, 0.1) is 0 Å². The van der Waals surface area contributed by atoms with Crippen molar-refractivity contribution < 1.29 is 22.7 Å². The average molecular weight is 544 g/mol. The molecule has 0 aliphatic heterocycles. The minimum Gasteiger partial charge on any atom is -0.495 e. The number of methoxy groups -OCH3 is 1. The SMILES string of the molecule is CNC(=O)[C@H](C)N(CCc1ccccc1)C(=O)CN(c1cc(Cl)ccc1OC)S(=O)(=O)c1ccccc1. The number of nitrogens with zero attached hydrogens (tertiary/aromatic N) is 2. The molecule has 2 amide bonds. The van der Waals surface area contributed by atoms with Gasteiger partial charge in [0.25, 0.3) is 10.0 Å². The Morgan fingerprint density at radius 2 is 1.62 bits per heavy atom. The van der Waals surface area contributed by atoms with E-state index in [0.29, 0.717) is 6.42 Å². The smallest absolute Gasteiger partial charge is 0.264 e. The van der Waals surface area contributed by atoms with Crippen LogP contribution in [0.15, 0.2) is 83.8 Å². The van der Waals surface area contributed by atoms with Gasteiger partial charge in [-0.15, -0.1) is 0 Å². The number of carbonyl (C=O) groups excluding carboxylic acids is 2. The molecule has 196 valence electrons. The number of amides is 2. The summed E-state index contributed by atoms with van der Waals surface area (Å²) < 4.78 is 34.0. The first kappa shape index (κ1) is 28.0. The van der Waals surface area contributed by atoms with Gasteiger partial charge in [-0.25, -0.2) is 8.42 Å². The van der Waals surface area contributed by atoms with Gasteiger partial charge in [0.2, 0.25) is 11.8 Å². The molecule has 0 bridgehead atoms. The zero-order valence-corrected chi connectivity index (χ0v) is 22.5. The Kier molecular flexibility index (Phi) is 9.54. The number of benzene rings is 3. The molecule has 37 heavy (non-hydrogen) atoms. The molecule has 0 saturated carbocycles. The number of rotatable bonds is 11. The highest BCUT2D eigenvalue weighted by atomic mass is 35.5. The van der Waals surface area contributed by atoms with E-state index in [9.17, 15) is 18.0 Å². The van der Waals surface area contributed by atoms with Crippen molar-refractivity contribution in [2.24, 2.45) is 0 Å². The van der Waals surface area contributed by atoms with Crippen LogP contribution in [0.2, 0.25) is 5.02 Å². The van der Waals surface area contributed by atoms with Crippen molar-refractivity contribution >= 4 is 39.1 Å². The third-order valence-corrected chi connectivity index (χ3v) is 7.93. The summed E-state index contributed by atoms with van der Waals surface area (Å²) in [7, 11) is -1.31. The third kappa shape index (κ3) is 6.81. The summed E-state index contributed by atoms with van der Waals surface area (Å²) in [4.78, 5) is 27.6. The molecule has 0 aromatic heterocycles. The van der Waals surface area contributed by atoms with E-state index in [0.717, 1.165) is 9.87 Å². The summed E-state index contributed by atoms with van der Waals surface area (Å²) in [5.74, 6) is -0.681. The first-order chi connectivity index (χ1) is 17.7. The Morgan fingerprint density at radius 1 is 1.00 bits per heavy atom. The monoisotopic (exact) mass is 543 g/mol. The maximum atomic E-state index is 13.8. The zero-order valence-electron chi connectivity index (χ0n) is 20.9. The quantitative estimate of drug-likeness (QED) is 0.397. The van der Waals surface area contributed by atoms with Crippen LogP contribution in [0.5, 0.6) is 5.75 Å². The van der Waals surface area contributed by atoms with Crippen molar-refractivity contribution in [2.45, 2.75) is 24.3 Å². The van der Waals surface area contributed by atoms with Crippen LogP contribution < -0.4 is 14.4 Å². The molecule has 10 heteroatoms. The number of halogens is 1. The van der Waals surface area contributed by atoms with E-state index in [1.54, 1.807) is 31.2 Å². The Hall–Kier alpha value is -3.56. The van der Waals surface area contributed by atoms with Gasteiger partial charge >= 0.3 is 0 Å². The number of ether oxygens (including phenoxy) is 1. The maximum absolute atomic E-state index is 13.8. The minimum absolute atomic E-state index is 0.0000128. The molecule has 3 aromatic carbocycles. The zero-order chi connectivity index (χ0) is 27.0. The molecular formula is C27H30ClN3O5S. The van der Waals surface area contributed by atoms with E-state index in [-0.39, 0.29) is 33.8 Å². The van der Waals surface area contributed by atoms with Crippen molar-refractivity contribution in [1.82, 2.24) is 10.2 Å². The molecule has 8 nitrogen and oxygen atoms in total. The number of hydrogen-bond acceptors (Lipinski definition) is 5. The number of likely N-dealkylation sites (N-methyl/N-ethyl adjacent to an activating group) is 1. The summed E-state index contributed by atoms with van der Waals surface area (Å²) in [6, 6.07) is 21.0. The number of carbonyl (C=O) groups is 2. The Bertz CT molecular complexity index is 1320. The number of hydrogen-bond donors (Lipinski definition) is 1. The lowest BCUT2D eigenvalue weighted by molar-refractivity contribution is -0.138. The van der Waals surface area contributed by atoms with Gasteiger partial charge in [-0.2, -0.15) is 0 Å². The van der Waals surface area contributed by atoms with Crippen LogP contribution in [0.3, 0.4) is 0 Å². The van der Waals surface area contributed by atoms with Crippen LogP contribution >= 0.6 is 11.6 Å². The second kappa shape index (κ2) is 12.6. The fourth-order valence-corrected chi connectivity index (χ4v) is 5.47. The largest absolute Gasteiger partial charge is 0.495 e. The van der Waals surface area contributed by atoms with Gasteiger partial charge in [0.15, 0.2) is 0 Å². The van der Waals surface area contributed by atoms with Crippen LogP contribution in [0.4, 0.5) is 5.69 Å². The first-order valence-corrected chi connectivity index (χ1v) is 13.5. The van der Waals surface area contributed by atoms with Crippen LogP contribution in [-0.2, 0) is 26.0 Å². The van der Waals surface area contributed by atoms with Crippen molar-refractivity contribution in [2.75, 3.05) is 31.6 Å². The summed E-state index contributed by atoms with van der Waals surface area (Å²) in [5, 5.41) is 2.84. The van der Waals surface area contributed by atoms with Crippen molar-refractivity contribution in [3.63, 3.8) is 0 Å². The molecule has 3 aromatic rings. The molecule has 0 spiro atoms. The molecule has 0 aliphatic rings. The molecule has 1 N–H and O–H groups in total. The molecule has 0 aliphatic carbocycles. The van der Waals surface area contributed by atoms with Gasteiger partial charge in [-0.1, -0.05) is 60.1 Å². The van der Waals surface area contributed by atoms with Crippen LogP contribution in [-0.4, -0.2) is 58.4 Å². The molecule has 0 unspecified atom stereocenters. The fourth-order valence-electron chi connectivity index (χ4n) is 3.87. The molecule has 0 fully saturated rings. The van der Waals surface area contributed by atoms with Gasteiger partial charge < -0.3 is 15.0 Å². The van der Waals surface area contributed by atoms with Crippen molar-refractivity contribution in [1.29, 1.82) is 0 Å². The normalized spacial score (nSPS) is 11.9. The molecule has 1 atom stereocenters. The lowest BCUT2D eigenvalue weighted by atomic mass is 10.1. The third-order valence-electron chi connectivity index (χ3n) is 5.92. The predicted molar refractivity (Wildman–Crippen MR) is 144 cm³/mol. The number of anilines is 1. The topological polar surface area (TPSA) is 96.0 Å². The van der Waals surface area contributed by atoms with E-state index in [4.69, 9.17) is 16.3 Å². The number of sulfonamides is 1. The lowest BCUT2D eigenvalue weighted by Gasteiger charge is -2.32. The maximum Gasteiger partial charge on any atom is 0.264 e. The molecular weight excluding hydrogens is 514 g/mol. The van der Waals surface area contributed by atoms with E-state index in [1.807, 2.05) is 30.3 Å². The average Bonchev–Trinajstić information content (AvgIpc) is 2.92. The summed E-state index contributed by atoms with van der Waals surface area (Å²) in [6.45, 7) is 1.26. The summed E-state index contributed by atoms with van der Waals surface area (Å²) in [5.41, 5.74) is 1.09. The Morgan fingerprint density at radius 3 is 2.22 bits per heavy atom. The van der Waals surface area contributed by atoms with Crippen LogP contribution in [0.25, 0.3) is 0 Å². The van der Waals surface area contributed by atoms with Gasteiger partial charge in [0.1, 0.15) is 18.3 Å². The second-order valence-electron chi connectivity index (χ2n) is 8.25. The Balaban J connectivity index is 2.03. The summed E-state index contributed by atoms with van der Waals surface area (Å²) in [6.07, 6.45) is 0.486. The van der Waals surface area contributed by atoms with Crippen LogP contribution in [0.1, 0.15) is 12.5 Å². The highest BCUT2D eigenvalue weighted by molar-refractivity contribution is 7.92. The molecule has 0 heterocycles. The molecule has 0 saturated heterocycles. The minimum atomic E-state index is -4.20. The summed E-state index contributed by atoms with van der Waals surface area (Å²) >= 11 is 6.22. The first-order valence-electron chi connectivity index (χ1n) is 11.7. The van der Waals surface area contributed by atoms with Gasteiger partial charge in [-0.3, -0.25) is 13.9 Å².